The molecule has 1 aliphatic heterocycles. The fourth-order valence-electron chi connectivity index (χ4n) is 2.59. The van der Waals surface area contributed by atoms with E-state index in [4.69, 9.17) is 0 Å². The van der Waals surface area contributed by atoms with Crippen LogP contribution >= 0.6 is 12.4 Å². The van der Waals surface area contributed by atoms with Crippen LogP contribution in [0.4, 0.5) is 0 Å². The van der Waals surface area contributed by atoms with E-state index in [9.17, 15) is 4.79 Å². The minimum Gasteiger partial charge on any atom is -0.354 e. The molecule has 0 spiro atoms. The van der Waals surface area contributed by atoms with Gasteiger partial charge in [0.25, 0.3) is 0 Å². The standard InChI is InChI=1S/C16H24N2O.ClH/c1-13(14-8-4-3-5-9-14)12-17-15(19)16(2)10-6-7-11-18-16;/h3-5,8-9,13,18H,6-7,10-12H2,1-2H3,(H,17,19);1H. The fourth-order valence-corrected chi connectivity index (χ4v) is 2.59. The molecule has 1 aromatic rings. The SMILES string of the molecule is CC(CNC(=O)C1(C)CCCCN1)c1ccccc1.Cl. The zero-order chi connectivity index (χ0) is 13.7. The normalized spacial score (nSPS) is 23.5. The fraction of sp³-hybridized carbons (Fsp3) is 0.562. The molecule has 2 rings (SSSR count). The van der Waals surface area contributed by atoms with Crippen molar-refractivity contribution in [3.8, 4) is 0 Å². The van der Waals surface area contributed by atoms with Gasteiger partial charge in [-0.05, 0) is 44.2 Å². The number of carbonyl (C=O) groups excluding carboxylic acids is 1. The summed E-state index contributed by atoms with van der Waals surface area (Å²) in [4.78, 5) is 12.3. The van der Waals surface area contributed by atoms with E-state index in [-0.39, 0.29) is 23.9 Å². The average Bonchev–Trinajstić information content (AvgIpc) is 2.46. The predicted octanol–water partition coefficient (Wildman–Crippen LogP) is 2.86. The molecule has 1 heterocycles. The van der Waals surface area contributed by atoms with Crippen LogP contribution in [0.2, 0.25) is 0 Å². The molecule has 0 radical (unpaired) electrons. The molecule has 4 heteroatoms. The molecule has 2 N–H and O–H groups in total. The van der Waals surface area contributed by atoms with Gasteiger partial charge in [0.1, 0.15) is 0 Å². The predicted molar refractivity (Wildman–Crippen MR) is 85.4 cm³/mol. The Morgan fingerprint density at radius 3 is 2.65 bits per heavy atom. The Morgan fingerprint density at radius 1 is 1.35 bits per heavy atom. The molecule has 0 saturated carbocycles. The Morgan fingerprint density at radius 2 is 2.05 bits per heavy atom. The first-order valence-electron chi connectivity index (χ1n) is 7.20. The Bertz CT molecular complexity index is 416. The Labute approximate surface area is 127 Å². The maximum absolute atomic E-state index is 12.3. The van der Waals surface area contributed by atoms with Crippen LogP contribution in [-0.4, -0.2) is 24.5 Å². The van der Waals surface area contributed by atoms with Gasteiger partial charge in [0.2, 0.25) is 5.91 Å². The van der Waals surface area contributed by atoms with Gasteiger partial charge in [0.15, 0.2) is 0 Å². The van der Waals surface area contributed by atoms with Crippen molar-refractivity contribution in [1.29, 1.82) is 0 Å². The quantitative estimate of drug-likeness (QED) is 0.897. The lowest BCUT2D eigenvalue weighted by Gasteiger charge is -2.33. The van der Waals surface area contributed by atoms with Gasteiger partial charge in [-0.15, -0.1) is 12.4 Å². The first kappa shape index (κ1) is 17.0. The summed E-state index contributed by atoms with van der Waals surface area (Å²) in [6, 6.07) is 10.3. The summed E-state index contributed by atoms with van der Waals surface area (Å²) in [6.45, 7) is 5.79. The smallest absolute Gasteiger partial charge is 0.240 e. The summed E-state index contributed by atoms with van der Waals surface area (Å²) in [5, 5.41) is 6.44. The van der Waals surface area contributed by atoms with E-state index >= 15 is 0 Å². The molecule has 112 valence electrons. The molecule has 1 aliphatic rings. The van der Waals surface area contributed by atoms with Crippen LogP contribution in [-0.2, 0) is 4.79 Å². The van der Waals surface area contributed by atoms with Crippen LogP contribution in [0.25, 0.3) is 0 Å². The summed E-state index contributed by atoms with van der Waals surface area (Å²) in [5.74, 6) is 0.479. The van der Waals surface area contributed by atoms with Crippen LogP contribution in [0.15, 0.2) is 30.3 Å². The molecule has 2 unspecified atom stereocenters. The lowest BCUT2D eigenvalue weighted by atomic mass is 9.90. The number of carbonyl (C=O) groups is 1. The minimum absolute atomic E-state index is 0. The number of benzene rings is 1. The largest absolute Gasteiger partial charge is 0.354 e. The number of nitrogens with one attached hydrogen (secondary N) is 2. The van der Waals surface area contributed by atoms with Crippen molar-refractivity contribution >= 4 is 18.3 Å². The van der Waals surface area contributed by atoms with Crippen LogP contribution in [0.1, 0.15) is 44.6 Å². The van der Waals surface area contributed by atoms with Gasteiger partial charge in [-0.3, -0.25) is 4.79 Å². The van der Waals surface area contributed by atoms with Crippen molar-refractivity contribution in [2.24, 2.45) is 0 Å². The first-order valence-corrected chi connectivity index (χ1v) is 7.20. The van der Waals surface area contributed by atoms with Crippen LogP contribution in [0.5, 0.6) is 0 Å². The number of hydrogen-bond donors (Lipinski definition) is 2. The molecule has 0 aromatic heterocycles. The van der Waals surface area contributed by atoms with Gasteiger partial charge in [-0.2, -0.15) is 0 Å². The third kappa shape index (κ3) is 4.22. The van der Waals surface area contributed by atoms with E-state index in [1.165, 1.54) is 12.0 Å². The number of rotatable bonds is 4. The first-order chi connectivity index (χ1) is 9.12. The molecule has 0 bridgehead atoms. The van der Waals surface area contributed by atoms with E-state index in [2.05, 4.69) is 29.7 Å². The van der Waals surface area contributed by atoms with Crippen LogP contribution in [0, 0.1) is 0 Å². The molecular weight excluding hydrogens is 272 g/mol. The zero-order valence-corrected chi connectivity index (χ0v) is 13.1. The molecule has 1 aromatic carbocycles. The average molecular weight is 297 g/mol. The van der Waals surface area contributed by atoms with Crippen molar-refractivity contribution in [3.05, 3.63) is 35.9 Å². The third-order valence-electron chi connectivity index (χ3n) is 4.06. The van der Waals surface area contributed by atoms with Crippen molar-refractivity contribution in [2.45, 2.75) is 44.6 Å². The Hall–Kier alpha value is -1.06. The van der Waals surface area contributed by atoms with E-state index in [0.717, 1.165) is 19.4 Å². The van der Waals surface area contributed by atoms with Crippen molar-refractivity contribution in [1.82, 2.24) is 10.6 Å². The second-order valence-corrected chi connectivity index (χ2v) is 5.74. The van der Waals surface area contributed by atoms with Crippen molar-refractivity contribution in [3.63, 3.8) is 0 Å². The molecule has 0 aliphatic carbocycles. The molecule has 1 amide bonds. The van der Waals surface area contributed by atoms with E-state index in [1.54, 1.807) is 0 Å². The van der Waals surface area contributed by atoms with E-state index in [1.807, 2.05) is 25.1 Å². The van der Waals surface area contributed by atoms with Gasteiger partial charge >= 0.3 is 0 Å². The Kier molecular flexibility index (Phi) is 6.50. The monoisotopic (exact) mass is 296 g/mol. The number of amides is 1. The second kappa shape index (κ2) is 7.65. The van der Waals surface area contributed by atoms with Gasteiger partial charge in [0.05, 0.1) is 5.54 Å². The lowest BCUT2D eigenvalue weighted by molar-refractivity contribution is -0.128. The Balaban J connectivity index is 0.00000200. The zero-order valence-electron chi connectivity index (χ0n) is 12.3. The molecule has 20 heavy (non-hydrogen) atoms. The summed E-state index contributed by atoms with van der Waals surface area (Å²) in [7, 11) is 0. The number of piperidine rings is 1. The molecular formula is C16H25ClN2O. The summed E-state index contributed by atoms with van der Waals surface area (Å²) < 4.78 is 0. The molecule has 3 nitrogen and oxygen atoms in total. The highest BCUT2D eigenvalue weighted by atomic mass is 35.5. The molecule has 1 fully saturated rings. The highest BCUT2D eigenvalue weighted by Gasteiger charge is 2.33. The number of halogens is 1. The van der Waals surface area contributed by atoms with Gasteiger partial charge in [-0.25, -0.2) is 0 Å². The second-order valence-electron chi connectivity index (χ2n) is 5.74. The third-order valence-corrected chi connectivity index (χ3v) is 4.06. The van der Waals surface area contributed by atoms with Gasteiger partial charge in [-0.1, -0.05) is 37.3 Å². The highest BCUT2D eigenvalue weighted by molar-refractivity contribution is 5.86. The van der Waals surface area contributed by atoms with Crippen molar-refractivity contribution in [2.75, 3.05) is 13.1 Å². The summed E-state index contributed by atoms with van der Waals surface area (Å²) in [6.07, 6.45) is 3.23. The maximum Gasteiger partial charge on any atom is 0.240 e. The molecule has 1 saturated heterocycles. The highest BCUT2D eigenvalue weighted by Crippen LogP contribution is 2.19. The number of hydrogen-bond acceptors (Lipinski definition) is 2. The minimum atomic E-state index is -0.380. The van der Waals surface area contributed by atoms with Gasteiger partial charge < -0.3 is 10.6 Å². The lowest BCUT2D eigenvalue weighted by Crippen LogP contribution is -2.57. The van der Waals surface area contributed by atoms with Crippen LogP contribution < -0.4 is 10.6 Å². The van der Waals surface area contributed by atoms with E-state index < -0.39 is 0 Å². The summed E-state index contributed by atoms with van der Waals surface area (Å²) in [5.41, 5.74) is 0.888. The van der Waals surface area contributed by atoms with Crippen LogP contribution in [0.3, 0.4) is 0 Å². The molecule has 2 atom stereocenters. The summed E-state index contributed by atoms with van der Waals surface area (Å²) >= 11 is 0. The van der Waals surface area contributed by atoms with E-state index in [0.29, 0.717) is 12.5 Å². The van der Waals surface area contributed by atoms with Gasteiger partial charge in [0, 0.05) is 6.54 Å². The van der Waals surface area contributed by atoms with Crippen molar-refractivity contribution < 1.29 is 4.79 Å². The topological polar surface area (TPSA) is 41.1 Å². The maximum atomic E-state index is 12.3.